The third-order valence-electron chi connectivity index (χ3n) is 6.61. The number of rotatable bonds is 10. The zero-order chi connectivity index (χ0) is 31.3. The topological polar surface area (TPSA) is 119 Å². The van der Waals surface area contributed by atoms with E-state index in [-0.39, 0.29) is 40.5 Å². The summed E-state index contributed by atoms with van der Waals surface area (Å²) in [5.74, 6) is -6.61. The lowest BCUT2D eigenvalue weighted by Gasteiger charge is -2.35. The first-order valence-corrected chi connectivity index (χ1v) is 14.0. The smallest absolute Gasteiger partial charge is 0.279 e. The van der Waals surface area contributed by atoms with E-state index < -0.39 is 59.3 Å². The van der Waals surface area contributed by atoms with Crippen LogP contribution in [0.25, 0.3) is 0 Å². The van der Waals surface area contributed by atoms with E-state index in [1.165, 1.54) is 36.5 Å². The lowest BCUT2D eigenvalue weighted by molar-refractivity contribution is -0.127. The molecule has 0 aliphatic carbocycles. The molecule has 224 valence electrons. The van der Waals surface area contributed by atoms with E-state index >= 15 is 0 Å². The van der Waals surface area contributed by atoms with Gasteiger partial charge >= 0.3 is 0 Å². The van der Waals surface area contributed by atoms with Gasteiger partial charge in [0.05, 0.1) is 29.7 Å². The molecule has 3 aromatic rings. The van der Waals surface area contributed by atoms with Crippen molar-refractivity contribution >= 4 is 64.0 Å². The molecule has 3 heterocycles. The van der Waals surface area contributed by atoms with Gasteiger partial charge in [-0.15, -0.1) is 0 Å². The second kappa shape index (κ2) is 13.6. The largest absolute Gasteiger partial charge is 0.354 e. The van der Waals surface area contributed by atoms with Gasteiger partial charge < -0.3 is 5.32 Å². The summed E-state index contributed by atoms with van der Waals surface area (Å²) in [6.45, 7) is -0.592. The van der Waals surface area contributed by atoms with E-state index in [1.807, 2.05) is 6.07 Å². The van der Waals surface area contributed by atoms with Gasteiger partial charge in [0.15, 0.2) is 4.84 Å². The quantitative estimate of drug-likeness (QED) is 0.295. The number of anilines is 2. The van der Waals surface area contributed by atoms with Gasteiger partial charge in [-0.05, 0) is 24.6 Å². The molecule has 4 rings (SSSR count). The zero-order valence-electron chi connectivity index (χ0n) is 22.1. The number of nitrogens with one attached hydrogen (secondary N) is 1. The fraction of sp³-hybridized carbons (Fsp3) is 0.286. The molecule has 1 aliphatic heterocycles. The average molecular weight is 654 g/mol. The number of pyridine rings is 2. The monoisotopic (exact) mass is 652 g/mol. The number of alkyl halides is 4. The van der Waals surface area contributed by atoms with Crippen molar-refractivity contribution in [2.75, 3.05) is 16.3 Å². The highest BCUT2D eigenvalue weighted by atomic mass is 35.5. The lowest BCUT2D eigenvalue weighted by Crippen LogP contribution is -2.52. The van der Waals surface area contributed by atoms with Crippen LogP contribution in [0.4, 0.5) is 24.7 Å². The highest BCUT2D eigenvalue weighted by Crippen LogP contribution is 2.36. The number of nitriles is 1. The maximum atomic E-state index is 14.5. The Morgan fingerprint density at radius 3 is 2.63 bits per heavy atom. The molecule has 9 nitrogen and oxygen atoms in total. The molecule has 15 heteroatoms. The minimum Gasteiger partial charge on any atom is -0.354 e. The molecule has 0 unspecified atom stereocenters. The molecule has 1 saturated heterocycles. The number of amides is 3. The van der Waals surface area contributed by atoms with Crippen molar-refractivity contribution in [1.82, 2.24) is 15.3 Å². The first-order chi connectivity index (χ1) is 20.4. The van der Waals surface area contributed by atoms with Crippen molar-refractivity contribution in [2.45, 2.75) is 42.1 Å². The molecular weight excluding hydrogens is 632 g/mol. The molecule has 43 heavy (non-hydrogen) atoms. The Kier molecular flexibility index (Phi) is 10.1. The number of hydrogen-bond acceptors (Lipinski definition) is 6. The highest BCUT2D eigenvalue weighted by molar-refractivity contribution is 6.45. The van der Waals surface area contributed by atoms with Crippen molar-refractivity contribution in [2.24, 2.45) is 0 Å². The maximum absolute atomic E-state index is 14.5. The Labute approximate surface area is 259 Å². The van der Waals surface area contributed by atoms with Crippen molar-refractivity contribution in [1.29, 1.82) is 5.26 Å². The van der Waals surface area contributed by atoms with Crippen LogP contribution in [-0.2, 0) is 14.4 Å². The average Bonchev–Trinajstić information content (AvgIpc) is 3.37. The fourth-order valence-corrected chi connectivity index (χ4v) is 5.03. The Hall–Kier alpha value is -3.92. The van der Waals surface area contributed by atoms with E-state index in [1.54, 1.807) is 6.07 Å². The van der Waals surface area contributed by atoms with Crippen LogP contribution in [0.5, 0.6) is 0 Å². The maximum Gasteiger partial charge on any atom is 0.279 e. The predicted molar refractivity (Wildman–Crippen MR) is 153 cm³/mol. The van der Waals surface area contributed by atoms with E-state index in [4.69, 9.17) is 34.8 Å². The van der Waals surface area contributed by atoms with Crippen molar-refractivity contribution < 1.29 is 27.6 Å². The summed E-state index contributed by atoms with van der Waals surface area (Å²) in [5.41, 5.74) is 0.0948. The number of hydrogen-bond donors (Lipinski definition) is 1. The molecular formula is C28H22Cl3F3N6O3. The Morgan fingerprint density at radius 1 is 1.21 bits per heavy atom. The van der Waals surface area contributed by atoms with Gasteiger partial charge in [0.2, 0.25) is 11.8 Å². The molecule has 2 atom stereocenters. The second-order valence-corrected chi connectivity index (χ2v) is 10.9. The molecule has 1 aromatic carbocycles. The SMILES string of the molecule is N#Cc1ccnc(N2C(=O)CC[C@H]2C(=O)N(c2cncc(F)c2)[C@H](C(=O)NCCC(F)(F)C(Cl)Cl)c2ccccc2Cl)c1. The molecule has 1 fully saturated rings. The van der Waals surface area contributed by atoms with E-state index in [0.29, 0.717) is 0 Å². The summed E-state index contributed by atoms with van der Waals surface area (Å²) in [6.07, 6.45) is 2.32. The molecule has 3 amide bonds. The normalized spacial score (nSPS) is 15.7. The molecule has 1 aliphatic rings. The Morgan fingerprint density at radius 2 is 1.95 bits per heavy atom. The molecule has 1 N–H and O–H groups in total. The molecule has 0 bridgehead atoms. The number of aromatic nitrogens is 2. The predicted octanol–water partition coefficient (Wildman–Crippen LogP) is 5.36. The second-order valence-electron chi connectivity index (χ2n) is 9.43. The Balaban J connectivity index is 1.81. The van der Waals surface area contributed by atoms with Gasteiger partial charge in [-0.2, -0.15) is 5.26 Å². The third kappa shape index (κ3) is 7.18. The number of nitrogens with zero attached hydrogens (tertiary/aromatic N) is 5. The minimum atomic E-state index is -3.53. The standard InChI is InChI=1S/C28H22Cl3F3N6O3/c29-20-4-2-1-3-19(20)24(25(42)38-10-8-28(33,34)27(30)31)39(18-12-17(32)14-36-15-18)26(43)21-5-6-23(41)40(21)22-11-16(13-35)7-9-37-22/h1-4,7,9,11-12,14-15,21,24,27H,5-6,8,10H2,(H,38,42)/t21-,24-/m0/s1. The van der Waals surface area contributed by atoms with Gasteiger partial charge in [0.25, 0.3) is 11.8 Å². The van der Waals surface area contributed by atoms with E-state index in [2.05, 4.69) is 15.3 Å². The van der Waals surface area contributed by atoms with Crippen LogP contribution >= 0.6 is 34.8 Å². The molecule has 0 saturated carbocycles. The number of carbonyl (C=O) groups excluding carboxylic acids is 3. The van der Waals surface area contributed by atoms with Crippen LogP contribution in [0, 0.1) is 17.1 Å². The summed E-state index contributed by atoms with van der Waals surface area (Å²) in [5, 5.41) is 11.7. The van der Waals surface area contributed by atoms with Crippen molar-refractivity contribution in [3.63, 3.8) is 0 Å². The summed E-state index contributed by atoms with van der Waals surface area (Å²) < 4.78 is 42.6. The summed E-state index contributed by atoms with van der Waals surface area (Å²) >= 11 is 17.2. The van der Waals surface area contributed by atoms with Gasteiger partial charge in [-0.3, -0.25) is 29.2 Å². The Bertz CT molecular complexity index is 1570. The summed E-state index contributed by atoms with van der Waals surface area (Å²) in [4.78, 5) is 49.1. The summed E-state index contributed by atoms with van der Waals surface area (Å²) in [6, 6.07) is 8.78. The van der Waals surface area contributed by atoms with E-state index in [0.717, 1.165) is 28.3 Å². The van der Waals surface area contributed by atoms with Gasteiger partial charge in [-0.25, -0.2) is 18.2 Å². The zero-order valence-corrected chi connectivity index (χ0v) is 24.3. The van der Waals surface area contributed by atoms with Gasteiger partial charge in [0.1, 0.15) is 23.7 Å². The van der Waals surface area contributed by atoms with Crippen molar-refractivity contribution in [3.05, 3.63) is 83.0 Å². The van der Waals surface area contributed by atoms with Crippen LogP contribution < -0.4 is 15.1 Å². The lowest BCUT2D eigenvalue weighted by atomic mass is 10.0. The van der Waals surface area contributed by atoms with Gasteiger partial charge in [0, 0.05) is 42.2 Å². The molecule has 2 aromatic heterocycles. The van der Waals surface area contributed by atoms with Gasteiger partial charge in [-0.1, -0.05) is 53.0 Å². The van der Waals surface area contributed by atoms with E-state index in [9.17, 15) is 32.8 Å². The number of halogens is 6. The van der Waals surface area contributed by atoms with Crippen molar-refractivity contribution in [3.8, 4) is 6.07 Å². The van der Waals surface area contributed by atoms with Crippen LogP contribution in [0.15, 0.2) is 61.1 Å². The number of carbonyl (C=O) groups is 3. The first-order valence-electron chi connectivity index (χ1n) is 12.7. The highest BCUT2D eigenvalue weighted by Gasteiger charge is 2.45. The number of benzene rings is 1. The van der Waals surface area contributed by atoms with Crippen LogP contribution in [0.3, 0.4) is 0 Å². The fourth-order valence-electron chi connectivity index (χ4n) is 4.57. The first kappa shape index (κ1) is 32.0. The molecule has 0 radical (unpaired) electrons. The summed E-state index contributed by atoms with van der Waals surface area (Å²) in [7, 11) is 0. The van der Waals surface area contributed by atoms with Crippen LogP contribution in [-0.4, -0.2) is 51.0 Å². The van der Waals surface area contributed by atoms with Crippen LogP contribution in [0.1, 0.15) is 36.4 Å². The van der Waals surface area contributed by atoms with Crippen LogP contribution in [0.2, 0.25) is 5.02 Å². The third-order valence-corrected chi connectivity index (χ3v) is 7.59. The minimum absolute atomic E-state index is 0.00864. The molecule has 0 spiro atoms.